The first-order chi connectivity index (χ1) is 11.8. The van der Waals surface area contributed by atoms with E-state index in [1.54, 1.807) is 11.9 Å². The molecule has 0 fully saturated rings. The van der Waals surface area contributed by atoms with Crippen LogP contribution in [0.4, 0.5) is 11.4 Å². The highest BCUT2D eigenvalue weighted by molar-refractivity contribution is 7.80. The third-order valence-electron chi connectivity index (χ3n) is 3.47. The van der Waals surface area contributed by atoms with Gasteiger partial charge in [0.25, 0.3) is 6.67 Å². The molecular formula is C15H28N4O6S. The summed E-state index contributed by atoms with van der Waals surface area (Å²) in [4.78, 5) is 11.9. The SMILES string of the molecule is CCC(Nc1cccc(N(C)C[N+](=O)[O-])c1)[N+](C)(C)C.COS(=O)(=O)[O-]. The molecule has 1 rings (SSSR count). The van der Waals surface area contributed by atoms with Gasteiger partial charge in [0.05, 0.1) is 28.3 Å². The van der Waals surface area contributed by atoms with Gasteiger partial charge >= 0.3 is 0 Å². The summed E-state index contributed by atoms with van der Waals surface area (Å²) in [6, 6.07) is 7.72. The zero-order valence-electron chi connectivity index (χ0n) is 16.0. The highest BCUT2D eigenvalue weighted by atomic mass is 32.3. The number of nitrogens with zero attached hydrogens (tertiary/aromatic N) is 3. The van der Waals surface area contributed by atoms with Gasteiger partial charge in [-0.05, 0) is 18.2 Å². The number of quaternary nitrogens is 1. The first-order valence-corrected chi connectivity index (χ1v) is 9.15. The van der Waals surface area contributed by atoms with Gasteiger partial charge in [0, 0.05) is 29.8 Å². The van der Waals surface area contributed by atoms with Crippen LogP contribution in [-0.2, 0) is 14.6 Å². The molecule has 26 heavy (non-hydrogen) atoms. The summed E-state index contributed by atoms with van der Waals surface area (Å²) >= 11 is 0. The van der Waals surface area contributed by atoms with E-state index in [9.17, 15) is 23.1 Å². The molecule has 0 aliphatic carbocycles. The van der Waals surface area contributed by atoms with Crippen molar-refractivity contribution in [1.29, 1.82) is 0 Å². The molecule has 0 aliphatic rings. The second-order valence-corrected chi connectivity index (χ2v) is 7.63. The van der Waals surface area contributed by atoms with Gasteiger partial charge in [-0.25, -0.2) is 8.42 Å². The molecule has 1 aromatic carbocycles. The Labute approximate surface area is 155 Å². The van der Waals surface area contributed by atoms with Gasteiger partial charge in [-0.2, -0.15) is 0 Å². The quantitative estimate of drug-likeness (QED) is 0.175. The lowest BCUT2D eigenvalue weighted by molar-refractivity contribution is -0.892. The number of nitrogens with one attached hydrogen (secondary N) is 1. The monoisotopic (exact) mass is 392 g/mol. The number of rotatable bonds is 8. The van der Waals surface area contributed by atoms with Gasteiger partial charge in [0.2, 0.25) is 10.4 Å². The lowest BCUT2D eigenvalue weighted by atomic mass is 10.2. The molecule has 0 radical (unpaired) electrons. The van der Waals surface area contributed by atoms with Crippen LogP contribution in [0.25, 0.3) is 0 Å². The van der Waals surface area contributed by atoms with Crippen LogP contribution in [0, 0.1) is 10.1 Å². The Morgan fingerprint density at radius 3 is 2.27 bits per heavy atom. The van der Waals surface area contributed by atoms with Crippen molar-refractivity contribution in [2.45, 2.75) is 19.5 Å². The van der Waals surface area contributed by atoms with Crippen molar-refractivity contribution in [3.8, 4) is 0 Å². The molecule has 150 valence electrons. The minimum atomic E-state index is -4.41. The summed E-state index contributed by atoms with van der Waals surface area (Å²) in [5.74, 6) is 0. The lowest BCUT2D eigenvalue weighted by Gasteiger charge is -2.34. The molecule has 0 heterocycles. The topological polar surface area (TPSA) is 125 Å². The highest BCUT2D eigenvalue weighted by Gasteiger charge is 2.21. The van der Waals surface area contributed by atoms with Crippen molar-refractivity contribution in [2.24, 2.45) is 0 Å². The molecule has 1 N–H and O–H groups in total. The van der Waals surface area contributed by atoms with E-state index < -0.39 is 10.4 Å². The van der Waals surface area contributed by atoms with Crippen LogP contribution in [0.5, 0.6) is 0 Å². The van der Waals surface area contributed by atoms with Crippen LogP contribution < -0.4 is 10.2 Å². The Hall–Kier alpha value is -1.95. The van der Waals surface area contributed by atoms with Crippen molar-refractivity contribution < 1.29 is 26.6 Å². The van der Waals surface area contributed by atoms with Crippen molar-refractivity contribution in [3.63, 3.8) is 0 Å². The molecule has 11 heteroatoms. The summed E-state index contributed by atoms with van der Waals surface area (Å²) < 4.78 is 31.8. The summed E-state index contributed by atoms with van der Waals surface area (Å²) in [5, 5.41) is 14.1. The molecule has 0 bridgehead atoms. The predicted octanol–water partition coefficient (Wildman–Crippen LogP) is 1.30. The average molecular weight is 392 g/mol. The van der Waals surface area contributed by atoms with Gasteiger partial charge in [-0.1, -0.05) is 13.0 Å². The number of hydrogen-bond donors (Lipinski definition) is 1. The minimum Gasteiger partial charge on any atom is -0.726 e. The maximum absolute atomic E-state index is 10.6. The number of nitro groups is 1. The standard InChI is InChI=1S/C14H25N4O2.CH4O4S/c1-6-14(18(3,4)5)15-12-8-7-9-13(10-12)16(2)11-17(19)20;1-5-6(2,3)4/h7-10,14-15H,6,11H2,1-5H3;1H3,(H,2,3,4)/q+1;/p-1. The first-order valence-electron chi connectivity index (χ1n) is 7.82. The normalized spacial score (nSPS) is 12.6. The van der Waals surface area contributed by atoms with E-state index in [0.29, 0.717) is 6.17 Å². The fourth-order valence-electron chi connectivity index (χ4n) is 2.12. The van der Waals surface area contributed by atoms with Gasteiger partial charge < -0.3 is 19.3 Å². The Morgan fingerprint density at radius 1 is 1.35 bits per heavy atom. The zero-order valence-corrected chi connectivity index (χ0v) is 16.8. The molecule has 1 atom stereocenters. The average Bonchev–Trinajstić information content (AvgIpc) is 2.51. The molecule has 1 aromatic rings. The zero-order chi connectivity index (χ0) is 20.5. The third-order valence-corrected chi connectivity index (χ3v) is 3.88. The van der Waals surface area contributed by atoms with Gasteiger partial charge in [-0.3, -0.25) is 14.3 Å². The molecule has 0 aromatic heterocycles. The second kappa shape index (κ2) is 10.3. The Morgan fingerprint density at radius 2 is 1.88 bits per heavy atom. The largest absolute Gasteiger partial charge is 0.726 e. The van der Waals surface area contributed by atoms with E-state index in [4.69, 9.17) is 0 Å². The fourth-order valence-corrected chi connectivity index (χ4v) is 2.12. The first kappa shape index (κ1) is 24.1. The minimum absolute atomic E-state index is 0.198. The van der Waals surface area contributed by atoms with Crippen molar-refractivity contribution in [1.82, 2.24) is 0 Å². The van der Waals surface area contributed by atoms with Crippen molar-refractivity contribution >= 4 is 21.8 Å². The molecule has 0 saturated carbocycles. The second-order valence-electron chi connectivity index (χ2n) is 6.48. The molecule has 0 spiro atoms. The molecule has 0 amide bonds. The molecule has 0 aliphatic heterocycles. The molecule has 0 saturated heterocycles. The molecule has 10 nitrogen and oxygen atoms in total. The van der Waals surface area contributed by atoms with Crippen LogP contribution in [0.3, 0.4) is 0 Å². The van der Waals surface area contributed by atoms with E-state index in [1.807, 2.05) is 24.3 Å². The Kier molecular flexibility index (Phi) is 9.49. The van der Waals surface area contributed by atoms with Crippen LogP contribution in [0.15, 0.2) is 24.3 Å². The van der Waals surface area contributed by atoms with E-state index in [-0.39, 0.29) is 11.6 Å². The molecular weight excluding hydrogens is 364 g/mol. The highest BCUT2D eigenvalue weighted by Crippen LogP contribution is 2.20. The predicted molar refractivity (Wildman–Crippen MR) is 99.1 cm³/mol. The Balaban J connectivity index is 0.000000896. The van der Waals surface area contributed by atoms with Crippen LogP contribution in [-0.4, -0.2) is 70.5 Å². The summed E-state index contributed by atoms with van der Waals surface area (Å²) in [7, 11) is 4.55. The van der Waals surface area contributed by atoms with E-state index in [0.717, 1.165) is 29.4 Å². The van der Waals surface area contributed by atoms with E-state index >= 15 is 0 Å². The summed E-state index contributed by atoms with van der Waals surface area (Å²) in [6.45, 7) is 1.94. The number of anilines is 2. The fraction of sp³-hybridized carbons (Fsp3) is 0.600. The third kappa shape index (κ3) is 10.1. The van der Waals surface area contributed by atoms with Crippen LogP contribution >= 0.6 is 0 Å². The lowest BCUT2D eigenvalue weighted by Crippen LogP contribution is -2.49. The maximum Gasteiger partial charge on any atom is 0.277 e. The molecule has 1 unspecified atom stereocenters. The van der Waals surface area contributed by atoms with Crippen LogP contribution in [0.2, 0.25) is 0 Å². The summed E-state index contributed by atoms with van der Waals surface area (Å²) in [5.41, 5.74) is 1.82. The maximum atomic E-state index is 10.6. The van der Waals surface area contributed by atoms with E-state index in [2.05, 4.69) is 37.6 Å². The van der Waals surface area contributed by atoms with Gasteiger partial charge in [0.15, 0.2) is 6.17 Å². The summed E-state index contributed by atoms with van der Waals surface area (Å²) in [6.07, 6.45) is 1.30. The smallest absolute Gasteiger partial charge is 0.277 e. The van der Waals surface area contributed by atoms with Gasteiger partial charge in [0.1, 0.15) is 0 Å². The Bertz CT molecular complexity index is 675. The van der Waals surface area contributed by atoms with E-state index in [1.165, 1.54) is 0 Å². The van der Waals surface area contributed by atoms with Crippen molar-refractivity contribution in [3.05, 3.63) is 34.4 Å². The number of hydrogen-bond acceptors (Lipinski definition) is 8. The van der Waals surface area contributed by atoms with Gasteiger partial charge in [-0.15, -0.1) is 0 Å². The van der Waals surface area contributed by atoms with Crippen molar-refractivity contribution in [2.75, 3.05) is 52.2 Å². The van der Waals surface area contributed by atoms with Crippen LogP contribution in [0.1, 0.15) is 13.3 Å². The number of benzene rings is 1.